The zero-order valence-corrected chi connectivity index (χ0v) is 10.3. The maximum absolute atomic E-state index is 12.7. The van der Waals surface area contributed by atoms with Gasteiger partial charge in [0.15, 0.2) is 0 Å². The molecule has 1 aromatic heterocycles. The Morgan fingerprint density at radius 3 is 2.72 bits per heavy atom. The molecule has 18 heavy (non-hydrogen) atoms. The van der Waals surface area contributed by atoms with Gasteiger partial charge in [-0.3, -0.25) is 0 Å². The van der Waals surface area contributed by atoms with Crippen molar-refractivity contribution in [2.45, 2.75) is 51.1 Å². The van der Waals surface area contributed by atoms with E-state index in [1.54, 1.807) is 0 Å². The fourth-order valence-corrected chi connectivity index (χ4v) is 2.75. The Morgan fingerprint density at radius 1 is 1.39 bits per heavy atom. The summed E-state index contributed by atoms with van der Waals surface area (Å²) in [5, 5.41) is 3.86. The standard InChI is InChI=1S/C12H17F3N2O/c1-2-9-10(17-18-11(9)16)7-4-3-5-8(6-7)12(13,14)15/h7-8H,2-6,16H2,1H3. The zero-order valence-electron chi connectivity index (χ0n) is 10.3. The van der Waals surface area contributed by atoms with E-state index in [0.29, 0.717) is 18.5 Å². The van der Waals surface area contributed by atoms with Gasteiger partial charge in [0.1, 0.15) is 0 Å². The molecule has 1 heterocycles. The van der Waals surface area contributed by atoms with Gasteiger partial charge in [-0.15, -0.1) is 0 Å². The topological polar surface area (TPSA) is 52.0 Å². The first-order valence-corrected chi connectivity index (χ1v) is 6.24. The van der Waals surface area contributed by atoms with Gasteiger partial charge < -0.3 is 10.3 Å². The molecule has 1 fully saturated rings. The quantitative estimate of drug-likeness (QED) is 0.885. The van der Waals surface area contributed by atoms with Crippen LogP contribution in [0.4, 0.5) is 19.1 Å². The maximum atomic E-state index is 12.7. The van der Waals surface area contributed by atoms with Crippen LogP contribution in [-0.2, 0) is 6.42 Å². The highest BCUT2D eigenvalue weighted by Crippen LogP contribution is 2.44. The number of nitrogen functional groups attached to an aromatic ring is 1. The summed E-state index contributed by atoms with van der Waals surface area (Å²) in [4.78, 5) is 0. The van der Waals surface area contributed by atoms with Crippen molar-refractivity contribution in [3.8, 4) is 0 Å². The van der Waals surface area contributed by atoms with Crippen LogP contribution in [-0.4, -0.2) is 11.3 Å². The number of halogens is 3. The largest absolute Gasteiger partial charge is 0.391 e. The predicted molar refractivity (Wildman–Crippen MR) is 61.0 cm³/mol. The van der Waals surface area contributed by atoms with Crippen molar-refractivity contribution >= 4 is 5.88 Å². The van der Waals surface area contributed by atoms with Crippen LogP contribution >= 0.6 is 0 Å². The van der Waals surface area contributed by atoms with Crippen LogP contribution in [0.1, 0.15) is 49.8 Å². The van der Waals surface area contributed by atoms with Gasteiger partial charge in [-0.25, -0.2) is 0 Å². The minimum atomic E-state index is -4.11. The molecular weight excluding hydrogens is 245 g/mol. The van der Waals surface area contributed by atoms with Gasteiger partial charge in [0.05, 0.1) is 11.6 Å². The number of alkyl halides is 3. The molecule has 0 aromatic carbocycles. The van der Waals surface area contributed by atoms with Gasteiger partial charge in [0, 0.05) is 11.5 Å². The van der Waals surface area contributed by atoms with Crippen molar-refractivity contribution in [3.63, 3.8) is 0 Å². The zero-order chi connectivity index (χ0) is 13.3. The first-order valence-electron chi connectivity index (χ1n) is 6.24. The second-order valence-electron chi connectivity index (χ2n) is 4.87. The summed E-state index contributed by atoms with van der Waals surface area (Å²) in [5.74, 6) is -1.16. The van der Waals surface area contributed by atoms with Crippen LogP contribution in [0.25, 0.3) is 0 Å². The van der Waals surface area contributed by atoms with E-state index in [1.807, 2.05) is 6.92 Å². The van der Waals surface area contributed by atoms with E-state index in [0.717, 1.165) is 12.0 Å². The lowest BCUT2D eigenvalue weighted by Gasteiger charge is -2.29. The first kappa shape index (κ1) is 13.2. The Morgan fingerprint density at radius 2 is 2.11 bits per heavy atom. The van der Waals surface area contributed by atoms with Gasteiger partial charge in [-0.1, -0.05) is 18.5 Å². The van der Waals surface area contributed by atoms with Crippen molar-refractivity contribution in [1.29, 1.82) is 0 Å². The summed E-state index contributed by atoms with van der Waals surface area (Å²) in [6, 6.07) is 0. The van der Waals surface area contributed by atoms with Crippen molar-refractivity contribution in [1.82, 2.24) is 5.16 Å². The third kappa shape index (κ3) is 2.47. The number of aromatic nitrogens is 1. The normalized spacial score (nSPS) is 25.3. The van der Waals surface area contributed by atoms with Gasteiger partial charge in [0.25, 0.3) is 0 Å². The van der Waals surface area contributed by atoms with Crippen LogP contribution in [0.3, 0.4) is 0 Å². The molecule has 102 valence electrons. The highest BCUT2D eigenvalue weighted by atomic mass is 19.4. The lowest BCUT2D eigenvalue weighted by atomic mass is 9.78. The minimum absolute atomic E-state index is 0.0997. The maximum Gasteiger partial charge on any atom is 0.391 e. The Bertz CT molecular complexity index is 414. The van der Waals surface area contributed by atoms with Gasteiger partial charge in [-0.2, -0.15) is 13.2 Å². The monoisotopic (exact) mass is 262 g/mol. The molecular formula is C12H17F3N2O. The predicted octanol–water partition coefficient (Wildman–Crippen LogP) is 3.66. The van der Waals surface area contributed by atoms with Gasteiger partial charge in [0.2, 0.25) is 5.88 Å². The molecule has 0 saturated heterocycles. The summed E-state index contributed by atoms with van der Waals surface area (Å²) in [6.45, 7) is 1.90. The summed E-state index contributed by atoms with van der Waals surface area (Å²) in [7, 11) is 0. The molecule has 0 aliphatic heterocycles. The Hall–Kier alpha value is -1.20. The second-order valence-corrected chi connectivity index (χ2v) is 4.87. The van der Waals surface area contributed by atoms with E-state index in [9.17, 15) is 13.2 Å². The molecule has 0 bridgehead atoms. The fourth-order valence-electron chi connectivity index (χ4n) is 2.75. The number of nitrogens with zero attached hydrogens (tertiary/aromatic N) is 1. The van der Waals surface area contributed by atoms with Crippen LogP contribution in [0.15, 0.2) is 4.52 Å². The SMILES string of the molecule is CCc1c(C2CCCC(C(F)(F)F)C2)noc1N. The lowest BCUT2D eigenvalue weighted by molar-refractivity contribution is -0.183. The number of hydrogen-bond donors (Lipinski definition) is 1. The van der Waals surface area contributed by atoms with Crippen LogP contribution in [0.5, 0.6) is 0 Å². The second kappa shape index (κ2) is 4.82. The van der Waals surface area contributed by atoms with Gasteiger partial charge >= 0.3 is 6.18 Å². The smallest absolute Gasteiger partial charge is 0.367 e. The minimum Gasteiger partial charge on any atom is -0.367 e. The number of hydrogen-bond acceptors (Lipinski definition) is 3. The highest BCUT2D eigenvalue weighted by molar-refractivity contribution is 5.40. The molecule has 3 nitrogen and oxygen atoms in total. The van der Waals surface area contributed by atoms with E-state index in [4.69, 9.17) is 10.3 Å². The molecule has 6 heteroatoms. The molecule has 2 unspecified atom stereocenters. The Labute approximate surface area is 104 Å². The van der Waals surface area contributed by atoms with Crippen molar-refractivity contribution < 1.29 is 17.7 Å². The van der Waals surface area contributed by atoms with E-state index in [1.165, 1.54) is 0 Å². The summed E-state index contributed by atoms with van der Waals surface area (Å²) >= 11 is 0. The van der Waals surface area contributed by atoms with Crippen LogP contribution in [0.2, 0.25) is 0 Å². The average molecular weight is 262 g/mol. The van der Waals surface area contributed by atoms with Crippen LogP contribution in [0, 0.1) is 5.92 Å². The summed E-state index contributed by atoms with van der Waals surface area (Å²) in [6.07, 6.45) is -1.86. The molecule has 1 aliphatic rings. The molecule has 1 saturated carbocycles. The molecule has 2 rings (SSSR count). The molecule has 0 spiro atoms. The van der Waals surface area contributed by atoms with Crippen LogP contribution < -0.4 is 5.73 Å². The third-order valence-electron chi connectivity index (χ3n) is 3.73. The summed E-state index contributed by atoms with van der Waals surface area (Å²) in [5.41, 5.74) is 7.02. The van der Waals surface area contributed by atoms with E-state index >= 15 is 0 Å². The van der Waals surface area contributed by atoms with E-state index in [-0.39, 0.29) is 24.6 Å². The molecule has 0 amide bonds. The molecule has 0 radical (unpaired) electrons. The third-order valence-corrected chi connectivity index (χ3v) is 3.73. The molecule has 1 aromatic rings. The average Bonchev–Trinajstić information content (AvgIpc) is 2.69. The number of nitrogens with two attached hydrogens (primary N) is 1. The summed E-state index contributed by atoms with van der Waals surface area (Å²) < 4.78 is 43.2. The lowest BCUT2D eigenvalue weighted by Crippen LogP contribution is -2.28. The Kier molecular flexibility index (Phi) is 3.54. The molecule has 1 aliphatic carbocycles. The number of rotatable bonds is 2. The molecule has 2 atom stereocenters. The molecule has 2 N–H and O–H groups in total. The van der Waals surface area contributed by atoms with E-state index < -0.39 is 12.1 Å². The van der Waals surface area contributed by atoms with Crippen molar-refractivity contribution in [2.75, 3.05) is 5.73 Å². The Balaban J connectivity index is 2.18. The first-order chi connectivity index (χ1) is 8.43. The number of anilines is 1. The van der Waals surface area contributed by atoms with Crippen molar-refractivity contribution in [3.05, 3.63) is 11.3 Å². The van der Waals surface area contributed by atoms with Gasteiger partial charge in [-0.05, 0) is 25.7 Å². The highest BCUT2D eigenvalue weighted by Gasteiger charge is 2.43. The van der Waals surface area contributed by atoms with Crippen molar-refractivity contribution in [2.24, 2.45) is 5.92 Å². The fraction of sp³-hybridized carbons (Fsp3) is 0.750. The van der Waals surface area contributed by atoms with E-state index in [2.05, 4.69) is 5.16 Å².